The third-order valence-electron chi connectivity index (χ3n) is 4.90. The van der Waals surface area contributed by atoms with Gasteiger partial charge in [-0.05, 0) is 49.4 Å². The van der Waals surface area contributed by atoms with E-state index in [1.165, 1.54) is 47.2 Å². The number of para-hydroxylation sites is 1. The molecule has 3 rings (SSSR count). The van der Waals surface area contributed by atoms with Crippen molar-refractivity contribution < 1.29 is 31.2 Å². The number of carbonyl (C=O) groups excluding carboxylic acids is 2. The molecule has 2 aromatic rings. The Kier molecular flexibility index (Phi) is 6.58. The summed E-state index contributed by atoms with van der Waals surface area (Å²) in [6, 6.07) is 8.87. The lowest BCUT2D eigenvalue weighted by atomic mass is 10.1. The number of alkyl halides is 3. The molecule has 0 radical (unpaired) electrons. The van der Waals surface area contributed by atoms with Crippen molar-refractivity contribution in [3.63, 3.8) is 0 Å². The molecule has 2 aromatic carbocycles. The number of likely N-dealkylation sites (N-methyl/N-ethyl adjacent to an activating group) is 1. The second-order valence-corrected chi connectivity index (χ2v) is 8.96. The van der Waals surface area contributed by atoms with E-state index in [0.29, 0.717) is 24.2 Å². The van der Waals surface area contributed by atoms with Gasteiger partial charge in [0.2, 0.25) is 21.8 Å². The van der Waals surface area contributed by atoms with Crippen LogP contribution >= 0.6 is 0 Å². The van der Waals surface area contributed by atoms with Gasteiger partial charge >= 0.3 is 6.18 Å². The minimum atomic E-state index is -4.61. The minimum absolute atomic E-state index is 0.0431. The first-order valence-corrected chi connectivity index (χ1v) is 11.0. The maximum absolute atomic E-state index is 13.1. The number of amides is 2. The molecule has 8 nitrogen and oxygen atoms in total. The van der Waals surface area contributed by atoms with Gasteiger partial charge in [0, 0.05) is 12.2 Å². The first kappa shape index (κ1) is 23.7. The predicted octanol–water partition coefficient (Wildman–Crippen LogP) is 1.81. The molecule has 1 aliphatic rings. The summed E-state index contributed by atoms with van der Waals surface area (Å²) in [5, 5.41) is 7.36. The van der Waals surface area contributed by atoms with Crippen LogP contribution in [-0.2, 0) is 32.2 Å². The van der Waals surface area contributed by atoms with E-state index in [1.54, 1.807) is 0 Å². The number of halogens is 3. The van der Waals surface area contributed by atoms with Crippen molar-refractivity contribution in [2.45, 2.75) is 17.5 Å². The van der Waals surface area contributed by atoms with Gasteiger partial charge < -0.3 is 10.2 Å². The van der Waals surface area contributed by atoms with Crippen molar-refractivity contribution in [1.29, 1.82) is 0 Å². The average Bonchev–Trinajstić information content (AvgIpc) is 3.10. The summed E-state index contributed by atoms with van der Waals surface area (Å²) in [7, 11) is -2.37. The molecule has 0 atom stereocenters. The second kappa shape index (κ2) is 8.88. The molecule has 1 heterocycles. The molecule has 0 spiro atoms. The Hall–Kier alpha value is -2.96. The van der Waals surface area contributed by atoms with Crippen LogP contribution in [0.5, 0.6) is 0 Å². The summed E-state index contributed by atoms with van der Waals surface area (Å²) in [5.74, 6) is -1.03. The van der Waals surface area contributed by atoms with Gasteiger partial charge in [0.05, 0.1) is 29.2 Å². The Balaban J connectivity index is 1.62. The topological polar surface area (TPSA) is 113 Å². The number of primary sulfonamides is 1. The Morgan fingerprint density at radius 2 is 1.84 bits per heavy atom. The van der Waals surface area contributed by atoms with Gasteiger partial charge in [0.15, 0.2) is 0 Å². The summed E-state index contributed by atoms with van der Waals surface area (Å²) in [4.78, 5) is 27.7. The normalized spacial score (nSPS) is 13.9. The summed E-state index contributed by atoms with van der Waals surface area (Å²) in [5.41, 5.74) is -0.100. The second-order valence-electron chi connectivity index (χ2n) is 7.39. The van der Waals surface area contributed by atoms with Crippen LogP contribution in [0.25, 0.3) is 0 Å². The van der Waals surface area contributed by atoms with Crippen molar-refractivity contribution in [2.24, 2.45) is 5.14 Å². The van der Waals surface area contributed by atoms with E-state index in [4.69, 9.17) is 5.14 Å². The highest BCUT2D eigenvalue weighted by molar-refractivity contribution is 7.89. The third-order valence-corrected chi connectivity index (χ3v) is 5.81. The molecule has 0 aliphatic carbocycles. The number of sulfonamides is 1. The number of hydrogen-bond donors (Lipinski definition) is 2. The molecular formula is C20H21F3N4O4S. The van der Waals surface area contributed by atoms with Gasteiger partial charge in [-0.1, -0.05) is 12.1 Å². The van der Waals surface area contributed by atoms with E-state index < -0.39 is 27.7 Å². The number of nitrogens with one attached hydrogen (secondary N) is 1. The third kappa shape index (κ3) is 5.44. The minimum Gasteiger partial charge on any atom is -0.324 e. The van der Waals surface area contributed by atoms with Crippen molar-refractivity contribution in [2.75, 3.05) is 36.9 Å². The molecule has 0 bridgehead atoms. The van der Waals surface area contributed by atoms with Gasteiger partial charge in [0.1, 0.15) is 0 Å². The summed E-state index contributed by atoms with van der Waals surface area (Å²) < 4.78 is 62.2. The maximum Gasteiger partial charge on any atom is 0.418 e. The Morgan fingerprint density at radius 3 is 2.50 bits per heavy atom. The highest BCUT2D eigenvalue weighted by Crippen LogP contribution is 2.34. The molecule has 0 saturated carbocycles. The highest BCUT2D eigenvalue weighted by atomic mass is 32.2. The number of anilines is 2. The van der Waals surface area contributed by atoms with Crippen LogP contribution in [0.15, 0.2) is 47.4 Å². The number of rotatable bonds is 6. The van der Waals surface area contributed by atoms with Crippen LogP contribution in [-0.4, -0.2) is 51.8 Å². The fraction of sp³-hybridized carbons (Fsp3) is 0.300. The Bertz CT molecular complexity index is 1150. The Labute approximate surface area is 182 Å². The zero-order valence-electron chi connectivity index (χ0n) is 17.0. The van der Waals surface area contributed by atoms with Crippen molar-refractivity contribution in [3.8, 4) is 0 Å². The molecule has 12 heteroatoms. The number of hydrogen-bond acceptors (Lipinski definition) is 5. The molecule has 1 aliphatic heterocycles. The molecule has 0 unspecified atom stereocenters. The molecule has 0 aromatic heterocycles. The summed E-state index contributed by atoms with van der Waals surface area (Å²) in [6.45, 7) is -0.130. The predicted molar refractivity (Wildman–Crippen MR) is 111 cm³/mol. The van der Waals surface area contributed by atoms with E-state index >= 15 is 0 Å². The molecule has 32 heavy (non-hydrogen) atoms. The fourth-order valence-electron chi connectivity index (χ4n) is 3.46. The van der Waals surface area contributed by atoms with Crippen LogP contribution in [0.2, 0.25) is 0 Å². The molecule has 2 amide bonds. The molecule has 3 N–H and O–H groups in total. The van der Waals surface area contributed by atoms with Crippen molar-refractivity contribution in [1.82, 2.24) is 4.90 Å². The number of benzene rings is 2. The van der Waals surface area contributed by atoms with Crippen molar-refractivity contribution in [3.05, 3.63) is 53.6 Å². The zero-order chi connectivity index (χ0) is 23.7. The number of carbonyl (C=O) groups is 2. The highest BCUT2D eigenvalue weighted by Gasteiger charge is 2.33. The van der Waals surface area contributed by atoms with E-state index in [1.807, 2.05) is 0 Å². The van der Waals surface area contributed by atoms with Gasteiger partial charge in [-0.2, -0.15) is 13.2 Å². The Morgan fingerprint density at radius 1 is 1.16 bits per heavy atom. The number of fused-ring (bicyclic) bond motifs is 1. The van der Waals surface area contributed by atoms with E-state index in [-0.39, 0.29) is 29.6 Å². The lowest BCUT2D eigenvalue weighted by molar-refractivity contribution is -0.137. The van der Waals surface area contributed by atoms with Gasteiger partial charge in [-0.15, -0.1) is 0 Å². The monoisotopic (exact) mass is 470 g/mol. The zero-order valence-corrected chi connectivity index (χ0v) is 17.8. The molecule has 172 valence electrons. The number of nitrogens with two attached hydrogens (primary N) is 1. The van der Waals surface area contributed by atoms with Gasteiger partial charge in [0.25, 0.3) is 0 Å². The van der Waals surface area contributed by atoms with Crippen LogP contribution < -0.4 is 15.4 Å². The fourth-order valence-corrected chi connectivity index (χ4v) is 4.02. The largest absolute Gasteiger partial charge is 0.418 e. The number of nitrogens with zero attached hydrogens (tertiary/aromatic N) is 2. The van der Waals surface area contributed by atoms with Crippen LogP contribution in [0.3, 0.4) is 0 Å². The first-order chi connectivity index (χ1) is 14.9. The SMILES string of the molecule is CN(CC(=O)Nc1ccccc1C(F)(F)F)CC(=O)N1CCc2cc(S(N)(=O)=O)ccc21. The van der Waals surface area contributed by atoms with Gasteiger partial charge in [-0.3, -0.25) is 14.5 Å². The van der Waals surface area contributed by atoms with Crippen LogP contribution in [0.4, 0.5) is 24.5 Å². The first-order valence-electron chi connectivity index (χ1n) is 9.47. The molecule has 0 saturated heterocycles. The quantitative estimate of drug-likeness (QED) is 0.669. The van der Waals surface area contributed by atoms with E-state index in [0.717, 1.165) is 12.1 Å². The standard InChI is InChI=1S/C20H21F3N4O4S/c1-26(11-18(28)25-16-5-3-2-4-15(16)20(21,22)23)12-19(29)27-9-8-13-10-14(32(24,30)31)6-7-17(13)27/h2-7,10H,8-9,11-12H2,1H3,(H,25,28)(H2,24,30,31). The van der Waals surface area contributed by atoms with E-state index in [9.17, 15) is 31.2 Å². The summed E-state index contributed by atoms with van der Waals surface area (Å²) >= 11 is 0. The maximum atomic E-state index is 13.1. The molecule has 0 fully saturated rings. The summed E-state index contributed by atoms with van der Waals surface area (Å²) in [6.07, 6.45) is -4.17. The average molecular weight is 470 g/mol. The molecular weight excluding hydrogens is 449 g/mol. The van der Waals surface area contributed by atoms with Crippen LogP contribution in [0.1, 0.15) is 11.1 Å². The van der Waals surface area contributed by atoms with Crippen LogP contribution in [0, 0.1) is 0 Å². The lowest BCUT2D eigenvalue weighted by Gasteiger charge is -2.22. The van der Waals surface area contributed by atoms with Crippen molar-refractivity contribution >= 4 is 33.2 Å². The van der Waals surface area contributed by atoms with E-state index in [2.05, 4.69) is 5.32 Å². The lowest BCUT2D eigenvalue weighted by Crippen LogP contribution is -2.41. The smallest absolute Gasteiger partial charge is 0.324 e. The van der Waals surface area contributed by atoms with Gasteiger partial charge in [-0.25, -0.2) is 13.6 Å².